The lowest BCUT2D eigenvalue weighted by atomic mass is 10.2. The van der Waals surface area contributed by atoms with E-state index in [0.29, 0.717) is 22.9 Å². The van der Waals surface area contributed by atoms with E-state index in [9.17, 15) is 14.4 Å². The number of hydrogen-bond acceptors (Lipinski definition) is 6. The molecule has 0 radical (unpaired) electrons. The van der Waals surface area contributed by atoms with Gasteiger partial charge in [-0.15, -0.1) is 0 Å². The molecule has 0 atom stereocenters. The molecule has 1 fully saturated rings. The Balaban J connectivity index is 1.68. The van der Waals surface area contributed by atoms with Crippen LogP contribution in [0.5, 0.6) is 5.75 Å². The molecule has 2 aromatic carbocycles. The van der Waals surface area contributed by atoms with Gasteiger partial charge in [0.15, 0.2) is 0 Å². The largest absolute Gasteiger partial charge is 0.489 e. The molecule has 1 heterocycles. The minimum atomic E-state index is -0.622. The molecule has 1 aliphatic rings. The third-order valence-corrected chi connectivity index (χ3v) is 5.31. The number of imide groups is 1. The highest BCUT2D eigenvalue weighted by atomic mass is 35.5. The van der Waals surface area contributed by atoms with Crippen LogP contribution in [0.3, 0.4) is 0 Å². The Bertz CT molecular complexity index is 1000. The summed E-state index contributed by atoms with van der Waals surface area (Å²) in [5.74, 6) is -0.542. The number of ether oxygens (including phenoxy) is 2. The van der Waals surface area contributed by atoms with Crippen LogP contribution in [-0.2, 0) is 20.9 Å². The van der Waals surface area contributed by atoms with Crippen LogP contribution in [0.2, 0.25) is 5.02 Å². The molecule has 0 saturated carbocycles. The quantitative estimate of drug-likeness (QED) is 0.445. The first kappa shape index (κ1) is 21.9. The number of amides is 2. The van der Waals surface area contributed by atoms with Crippen LogP contribution in [-0.4, -0.2) is 34.7 Å². The fourth-order valence-corrected chi connectivity index (χ4v) is 3.72. The fourth-order valence-electron chi connectivity index (χ4n) is 2.69. The first-order valence-corrected chi connectivity index (χ1v) is 10.4. The average Bonchev–Trinajstić information content (AvgIpc) is 2.94. The summed E-state index contributed by atoms with van der Waals surface area (Å²) < 4.78 is 10.8. The summed E-state index contributed by atoms with van der Waals surface area (Å²) in [4.78, 5) is 37.6. The Hall–Kier alpha value is -2.77. The third kappa shape index (κ3) is 5.64. The molecule has 30 heavy (non-hydrogen) atoms. The average molecular weight is 446 g/mol. The van der Waals surface area contributed by atoms with Gasteiger partial charge in [0, 0.05) is 10.6 Å². The van der Waals surface area contributed by atoms with Crippen molar-refractivity contribution in [3.63, 3.8) is 0 Å². The molecule has 0 N–H and O–H groups in total. The van der Waals surface area contributed by atoms with Crippen molar-refractivity contribution in [1.82, 2.24) is 4.90 Å². The number of esters is 1. The molecule has 1 aliphatic heterocycles. The van der Waals surface area contributed by atoms with Gasteiger partial charge in [0.05, 0.1) is 11.0 Å². The maximum atomic E-state index is 12.5. The summed E-state index contributed by atoms with van der Waals surface area (Å²) >= 11 is 6.93. The van der Waals surface area contributed by atoms with Crippen molar-refractivity contribution in [3.8, 4) is 5.75 Å². The van der Waals surface area contributed by atoms with Gasteiger partial charge < -0.3 is 9.47 Å². The normalized spacial score (nSPS) is 15.2. The van der Waals surface area contributed by atoms with Crippen LogP contribution in [0.4, 0.5) is 4.79 Å². The van der Waals surface area contributed by atoms with Crippen molar-refractivity contribution in [2.75, 3.05) is 6.54 Å². The maximum absolute atomic E-state index is 12.5. The minimum Gasteiger partial charge on any atom is -0.489 e. The van der Waals surface area contributed by atoms with Gasteiger partial charge in [0.2, 0.25) is 0 Å². The molecule has 8 heteroatoms. The Labute approximate surface area is 183 Å². The van der Waals surface area contributed by atoms with Gasteiger partial charge in [-0.05, 0) is 55.4 Å². The van der Waals surface area contributed by atoms with Gasteiger partial charge in [-0.3, -0.25) is 19.3 Å². The van der Waals surface area contributed by atoms with E-state index >= 15 is 0 Å². The highest BCUT2D eigenvalue weighted by Crippen LogP contribution is 2.32. The molecule has 0 spiro atoms. The molecule has 0 bridgehead atoms. The Morgan fingerprint density at radius 2 is 1.93 bits per heavy atom. The molecular formula is C22H20ClNO5S. The predicted octanol–water partition coefficient (Wildman–Crippen LogP) is 4.91. The molecule has 0 aromatic heterocycles. The number of halogens is 1. The van der Waals surface area contributed by atoms with Gasteiger partial charge in [0.1, 0.15) is 18.9 Å². The minimum absolute atomic E-state index is 0.237. The Morgan fingerprint density at radius 3 is 2.67 bits per heavy atom. The zero-order valence-corrected chi connectivity index (χ0v) is 18.0. The summed E-state index contributed by atoms with van der Waals surface area (Å²) in [6.07, 6.45) is 1.28. The van der Waals surface area contributed by atoms with E-state index in [0.717, 1.165) is 22.2 Å². The highest BCUT2D eigenvalue weighted by Gasteiger charge is 2.36. The summed E-state index contributed by atoms with van der Waals surface area (Å²) in [5, 5.41) is 0.122. The van der Waals surface area contributed by atoms with E-state index in [1.165, 1.54) is 0 Å². The van der Waals surface area contributed by atoms with Crippen LogP contribution in [0.15, 0.2) is 53.4 Å². The number of thioether (sulfide) groups is 1. The lowest BCUT2D eigenvalue weighted by Crippen LogP contribution is -2.35. The topological polar surface area (TPSA) is 72.9 Å². The SMILES string of the molecule is CC(C)OC(=O)CN1C(=O)S/C(=C/c2cccc(OCc3ccccc3Cl)c2)C1=O. The lowest BCUT2D eigenvalue weighted by molar-refractivity contribution is -0.149. The van der Waals surface area contributed by atoms with Crippen LogP contribution >= 0.6 is 23.4 Å². The number of carbonyl (C=O) groups excluding carboxylic acids is 3. The number of nitrogens with zero attached hydrogens (tertiary/aromatic N) is 1. The zero-order chi connectivity index (χ0) is 21.7. The van der Waals surface area contributed by atoms with Gasteiger partial charge in [-0.2, -0.15) is 0 Å². The smallest absolute Gasteiger partial charge is 0.326 e. The first-order valence-electron chi connectivity index (χ1n) is 9.24. The number of hydrogen-bond donors (Lipinski definition) is 0. The van der Waals surface area contributed by atoms with Crippen LogP contribution < -0.4 is 4.74 Å². The molecule has 156 valence electrons. The standard InChI is InChI=1S/C22H20ClNO5S/c1-14(2)29-20(25)12-24-21(26)19(30-22(24)27)11-15-6-5-8-17(10-15)28-13-16-7-3-4-9-18(16)23/h3-11,14H,12-13H2,1-2H3/b19-11+. The molecule has 2 aromatic rings. The monoisotopic (exact) mass is 445 g/mol. The Morgan fingerprint density at radius 1 is 1.17 bits per heavy atom. The molecule has 0 unspecified atom stereocenters. The van der Waals surface area contributed by atoms with Crippen molar-refractivity contribution in [2.45, 2.75) is 26.6 Å². The van der Waals surface area contributed by atoms with E-state index in [4.69, 9.17) is 21.1 Å². The van der Waals surface area contributed by atoms with Crippen molar-refractivity contribution in [1.29, 1.82) is 0 Å². The van der Waals surface area contributed by atoms with E-state index < -0.39 is 23.7 Å². The van der Waals surface area contributed by atoms with Crippen LogP contribution in [0.25, 0.3) is 6.08 Å². The summed E-state index contributed by atoms with van der Waals surface area (Å²) in [6, 6.07) is 14.5. The van der Waals surface area contributed by atoms with E-state index in [1.807, 2.05) is 18.2 Å². The van der Waals surface area contributed by atoms with Crippen molar-refractivity contribution in [3.05, 3.63) is 69.6 Å². The van der Waals surface area contributed by atoms with Crippen molar-refractivity contribution >= 4 is 46.6 Å². The molecule has 6 nitrogen and oxygen atoms in total. The predicted molar refractivity (Wildman–Crippen MR) is 116 cm³/mol. The van der Waals surface area contributed by atoms with Crippen molar-refractivity contribution < 1.29 is 23.9 Å². The highest BCUT2D eigenvalue weighted by molar-refractivity contribution is 8.18. The van der Waals surface area contributed by atoms with Crippen LogP contribution in [0.1, 0.15) is 25.0 Å². The van der Waals surface area contributed by atoms with E-state index in [2.05, 4.69) is 0 Å². The zero-order valence-electron chi connectivity index (χ0n) is 16.5. The fraction of sp³-hybridized carbons (Fsp3) is 0.227. The van der Waals surface area contributed by atoms with Gasteiger partial charge >= 0.3 is 5.97 Å². The second-order valence-electron chi connectivity index (χ2n) is 6.76. The number of rotatable bonds is 7. The van der Waals surface area contributed by atoms with Crippen LogP contribution in [0, 0.1) is 0 Å². The molecule has 0 aliphatic carbocycles. The number of benzene rings is 2. The second kappa shape index (κ2) is 9.82. The van der Waals surface area contributed by atoms with E-state index in [1.54, 1.807) is 50.3 Å². The summed E-state index contributed by atoms with van der Waals surface area (Å²) in [7, 11) is 0. The number of carbonyl (C=O) groups is 3. The summed E-state index contributed by atoms with van der Waals surface area (Å²) in [6.45, 7) is 3.30. The first-order chi connectivity index (χ1) is 14.3. The molecule has 3 rings (SSSR count). The third-order valence-electron chi connectivity index (χ3n) is 4.04. The molecule has 2 amide bonds. The second-order valence-corrected chi connectivity index (χ2v) is 8.16. The Kier molecular flexibility index (Phi) is 7.18. The van der Waals surface area contributed by atoms with Gasteiger partial charge in [0.25, 0.3) is 11.1 Å². The van der Waals surface area contributed by atoms with Gasteiger partial charge in [-0.1, -0.05) is 41.9 Å². The molecule has 1 saturated heterocycles. The van der Waals surface area contributed by atoms with Gasteiger partial charge in [-0.25, -0.2) is 0 Å². The summed E-state index contributed by atoms with van der Waals surface area (Å²) in [5.41, 5.74) is 1.56. The molecular weight excluding hydrogens is 426 g/mol. The lowest BCUT2D eigenvalue weighted by Gasteiger charge is -2.13. The van der Waals surface area contributed by atoms with E-state index in [-0.39, 0.29) is 11.0 Å². The van der Waals surface area contributed by atoms with Crippen molar-refractivity contribution in [2.24, 2.45) is 0 Å². The maximum Gasteiger partial charge on any atom is 0.326 e.